The van der Waals surface area contributed by atoms with Gasteiger partial charge in [0.1, 0.15) is 0 Å². The molecule has 1 aliphatic heterocycles. The first kappa shape index (κ1) is 17.5. The van der Waals surface area contributed by atoms with Gasteiger partial charge in [0.2, 0.25) is 0 Å². The lowest BCUT2D eigenvalue weighted by Gasteiger charge is -2.56. The Hall–Kier alpha value is -1.59. The molecule has 2 unspecified atom stereocenters. The summed E-state index contributed by atoms with van der Waals surface area (Å²) in [5.41, 5.74) is 0.294. The summed E-state index contributed by atoms with van der Waals surface area (Å²) in [6.45, 7) is 3.98. The molecular weight excluding hydrogens is 342 g/mol. The summed E-state index contributed by atoms with van der Waals surface area (Å²) in [5.74, 6) is 1.42. The second-order valence-corrected chi connectivity index (χ2v) is 9.37. The molecule has 2 N–H and O–H groups in total. The molecule has 0 saturated heterocycles. The zero-order valence-corrected chi connectivity index (χ0v) is 16.2. The molecule has 2 fully saturated rings. The third-order valence-corrected chi connectivity index (χ3v) is 7.67. The van der Waals surface area contributed by atoms with Crippen molar-refractivity contribution < 1.29 is 19.7 Å². The number of carbonyl (C=O) groups excluding carboxylic acids is 1. The number of aliphatic hydroxyl groups is 1. The molecule has 0 aromatic heterocycles. The van der Waals surface area contributed by atoms with Crippen molar-refractivity contribution in [3.8, 4) is 11.5 Å². The number of Topliss-reactive ketones (excluding diaryl/α,β-unsaturated/α-hetero) is 1. The first-order valence-electron chi connectivity index (χ1n) is 10.3. The molecule has 4 aliphatic rings. The topological polar surface area (TPSA) is 70.0 Å². The lowest BCUT2D eigenvalue weighted by Crippen LogP contribution is -2.68. The first-order valence-corrected chi connectivity index (χ1v) is 10.3. The van der Waals surface area contributed by atoms with Gasteiger partial charge in [0.15, 0.2) is 23.4 Å². The molecule has 4 atom stereocenters. The van der Waals surface area contributed by atoms with Crippen molar-refractivity contribution in [2.75, 3.05) is 20.1 Å². The van der Waals surface area contributed by atoms with Gasteiger partial charge in [-0.2, -0.15) is 0 Å². The van der Waals surface area contributed by atoms with Crippen molar-refractivity contribution in [3.63, 3.8) is 0 Å². The van der Waals surface area contributed by atoms with Crippen LogP contribution in [0.4, 0.5) is 0 Å². The van der Waals surface area contributed by atoms with E-state index in [0.29, 0.717) is 25.0 Å². The Kier molecular flexibility index (Phi) is 3.70. The van der Waals surface area contributed by atoms with Gasteiger partial charge in [0.25, 0.3) is 0 Å². The van der Waals surface area contributed by atoms with E-state index >= 15 is 0 Å². The highest BCUT2D eigenvalue weighted by molar-refractivity contribution is 5.89. The van der Waals surface area contributed by atoms with Crippen LogP contribution in [0.3, 0.4) is 0 Å². The summed E-state index contributed by atoms with van der Waals surface area (Å²) in [6, 6.07) is 3.62. The number of ether oxygens (including phenoxy) is 1. The Morgan fingerprint density at radius 3 is 2.85 bits per heavy atom. The number of hydrogen-bond donors (Lipinski definition) is 2. The van der Waals surface area contributed by atoms with Gasteiger partial charge < -0.3 is 19.8 Å². The molecular formula is C22H29NO4. The van der Waals surface area contributed by atoms with Crippen LogP contribution < -0.4 is 4.74 Å². The standard InChI is InChI=1S/C22H29NO4/c1-13-11-15-5-6-16(24)19-18(15)21(9-10-23(2)12-14-3-4-14)20(27-19)17(25)7-8-22(13,21)26/h5-6,13-14,20,24,26H,3-4,7-12H2,1-2H3/t13?,20-,21?,22+/m0/s1. The highest BCUT2D eigenvalue weighted by Crippen LogP contribution is 2.63. The largest absolute Gasteiger partial charge is 0.504 e. The van der Waals surface area contributed by atoms with Gasteiger partial charge in [-0.1, -0.05) is 13.0 Å². The fourth-order valence-corrected chi connectivity index (χ4v) is 6.05. The Morgan fingerprint density at radius 1 is 1.33 bits per heavy atom. The average Bonchev–Trinajstić information content (AvgIpc) is 3.36. The third kappa shape index (κ3) is 2.27. The van der Waals surface area contributed by atoms with Crippen LogP contribution in [0.2, 0.25) is 0 Å². The van der Waals surface area contributed by atoms with Crippen LogP contribution in [0.1, 0.15) is 50.2 Å². The Morgan fingerprint density at radius 2 is 2.11 bits per heavy atom. The number of carbonyl (C=O) groups is 1. The first-order chi connectivity index (χ1) is 12.9. The molecule has 5 rings (SSSR count). The molecule has 1 aromatic rings. The SMILES string of the molecule is CC1Cc2ccc(O)c3c2C2(CCN(C)CC4CC4)[C@@H](O3)C(=O)CC[C@@]12O. The molecule has 0 radical (unpaired) electrons. The Bertz CT molecular complexity index is 804. The maximum absolute atomic E-state index is 12.9. The highest BCUT2D eigenvalue weighted by Gasteiger charge is 2.69. The monoisotopic (exact) mass is 371 g/mol. The van der Waals surface area contributed by atoms with Crippen LogP contribution >= 0.6 is 0 Å². The molecule has 3 aliphatic carbocycles. The summed E-state index contributed by atoms with van der Waals surface area (Å²) in [5, 5.41) is 22.4. The number of hydrogen-bond acceptors (Lipinski definition) is 5. The van der Waals surface area contributed by atoms with Crippen molar-refractivity contribution in [2.24, 2.45) is 11.8 Å². The average molecular weight is 371 g/mol. The molecule has 146 valence electrons. The number of benzene rings is 1. The van der Waals surface area contributed by atoms with Crippen molar-refractivity contribution in [1.29, 1.82) is 0 Å². The number of phenols is 1. The second-order valence-electron chi connectivity index (χ2n) is 9.37. The van der Waals surface area contributed by atoms with E-state index in [2.05, 4.69) is 18.9 Å². The van der Waals surface area contributed by atoms with Crippen LogP contribution in [0.5, 0.6) is 11.5 Å². The summed E-state index contributed by atoms with van der Waals surface area (Å²) in [7, 11) is 2.13. The summed E-state index contributed by atoms with van der Waals surface area (Å²) >= 11 is 0. The van der Waals surface area contributed by atoms with Gasteiger partial charge >= 0.3 is 0 Å². The molecule has 2 saturated carbocycles. The second kappa shape index (κ2) is 5.71. The number of ketones is 1. The molecule has 1 heterocycles. The molecule has 0 amide bonds. The van der Waals surface area contributed by atoms with Crippen molar-refractivity contribution in [2.45, 2.75) is 62.6 Å². The molecule has 1 aromatic carbocycles. The van der Waals surface area contributed by atoms with Gasteiger partial charge in [-0.05, 0) is 69.2 Å². The number of phenolic OH excluding ortho intramolecular Hbond substituents is 1. The van der Waals surface area contributed by atoms with Crippen LogP contribution in [0.15, 0.2) is 12.1 Å². The maximum Gasteiger partial charge on any atom is 0.174 e. The van der Waals surface area contributed by atoms with Gasteiger partial charge in [-0.15, -0.1) is 0 Å². The third-order valence-electron chi connectivity index (χ3n) is 7.67. The zero-order chi connectivity index (χ0) is 19.0. The zero-order valence-electron chi connectivity index (χ0n) is 16.2. The van der Waals surface area contributed by atoms with Crippen molar-refractivity contribution >= 4 is 5.78 Å². The van der Waals surface area contributed by atoms with Gasteiger partial charge in [0.05, 0.1) is 11.0 Å². The van der Waals surface area contributed by atoms with Crippen LogP contribution in [0.25, 0.3) is 0 Å². The van der Waals surface area contributed by atoms with Gasteiger partial charge in [0, 0.05) is 18.5 Å². The quantitative estimate of drug-likeness (QED) is 0.832. The van der Waals surface area contributed by atoms with E-state index < -0.39 is 17.1 Å². The number of nitrogens with zero attached hydrogens (tertiary/aromatic N) is 1. The van der Waals surface area contributed by atoms with E-state index in [1.54, 1.807) is 6.07 Å². The van der Waals surface area contributed by atoms with Gasteiger partial charge in [-0.25, -0.2) is 0 Å². The van der Waals surface area contributed by atoms with Crippen LogP contribution in [0, 0.1) is 11.8 Å². The lowest BCUT2D eigenvalue weighted by atomic mass is 9.49. The summed E-state index contributed by atoms with van der Waals surface area (Å²) < 4.78 is 6.11. The van der Waals surface area contributed by atoms with Crippen LogP contribution in [-0.4, -0.2) is 52.7 Å². The molecule has 0 bridgehead atoms. The predicted octanol–water partition coefficient (Wildman–Crippen LogP) is 2.41. The normalized spacial score (nSPS) is 36.7. The minimum atomic E-state index is -0.974. The lowest BCUT2D eigenvalue weighted by molar-refractivity contribution is -0.165. The fourth-order valence-electron chi connectivity index (χ4n) is 6.05. The molecule has 5 nitrogen and oxygen atoms in total. The summed E-state index contributed by atoms with van der Waals surface area (Å²) in [4.78, 5) is 15.2. The molecule has 0 spiro atoms. The number of rotatable bonds is 5. The number of aromatic hydroxyl groups is 1. The predicted molar refractivity (Wildman–Crippen MR) is 101 cm³/mol. The summed E-state index contributed by atoms with van der Waals surface area (Å²) in [6.07, 6.45) is 4.18. The fraction of sp³-hybridized carbons (Fsp3) is 0.682. The minimum Gasteiger partial charge on any atom is -0.504 e. The Labute approximate surface area is 160 Å². The van der Waals surface area contributed by atoms with Crippen molar-refractivity contribution in [1.82, 2.24) is 4.90 Å². The van der Waals surface area contributed by atoms with Gasteiger partial charge in [-0.3, -0.25) is 4.79 Å². The Balaban J connectivity index is 1.62. The molecule has 5 heteroatoms. The van der Waals surface area contributed by atoms with E-state index in [-0.39, 0.29) is 17.5 Å². The highest BCUT2D eigenvalue weighted by atomic mass is 16.5. The van der Waals surface area contributed by atoms with E-state index in [9.17, 15) is 15.0 Å². The van der Waals surface area contributed by atoms with E-state index in [4.69, 9.17) is 4.74 Å². The maximum atomic E-state index is 12.9. The van der Waals surface area contributed by atoms with E-state index in [1.807, 2.05) is 6.07 Å². The van der Waals surface area contributed by atoms with Crippen molar-refractivity contribution in [3.05, 3.63) is 23.3 Å². The molecule has 27 heavy (non-hydrogen) atoms. The minimum absolute atomic E-state index is 0.0495. The van der Waals surface area contributed by atoms with E-state index in [1.165, 1.54) is 12.8 Å². The van der Waals surface area contributed by atoms with Crippen LogP contribution in [-0.2, 0) is 16.6 Å². The smallest absolute Gasteiger partial charge is 0.174 e. The van der Waals surface area contributed by atoms with E-state index in [0.717, 1.165) is 36.6 Å².